The fraction of sp³-hybridized carbons (Fsp3) is 0.714. The normalized spacial score (nSPS) is 10.9. The highest BCUT2D eigenvalue weighted by Gasteiger charge is 2.02. The molecule has 1 rings (SSSR count). The van der Waals surface area contributed by atoms with E-state index in [4.69, 9.17) is 16.2 Å². The van der Waals surface area contributed by atoms with Gasteiger partial charge in [0.05, 0.1) is 18.0 Å². The number of benzene rings is 1. The molecule has 0 aliphatic heterocycles. The summed E-state index contributed by atoms with van der Waals surface area (Å²) in [5.74, 6) is 0.717. The van der Waals surface area contributed by atoms with Crippen LogP contribution in [0.1, 0.15) is 90.4 Å². The minimum absolute atomic E-state index is 0.562. The van der Waals surface area contributed by atoms with Crippen LogP contribution in [0.25, 0.3) is 0 Å². The molecule has 0 aliphatic carbocycles. The maximum Gasteiger partial charge on any atom is 0.144 e. The number of nitrogen functional groups attached to an aromatic ring is 2. The molecule has 0 amide bonds. The van der Waals surface area contributed by atoms with Gasteiger partial charge < -0.3 is 16.2 Å². The van der Waals surface area contributed by atoms with Gasteiger partial charge in [-0.25, -0.2) is 0 Å². The molecule has 4 N–H and O–H groups in total. The second-order valence-electron chi connectivity index (χ2n) is 6.85. The molecule has 1 aromatic carbocycles. The van der Waals surface area contributed by atoms with Crippen LogP contribution < -0.4 is 16.2 Å². The summed E-state index contributed by atoms with van der Waals surface area (Å²) in [7, 11) is 0. The quantitative estimate of drug-likeness (QED) is 0.291. The van der Waals surface area contributed by atoms with E-state index >= 15 is 0 Å². The molecule has 0 unspecified atom stereocenters. The molecule has 3 nitrogen and oxygen atoms in total. The summed E-state index contributed by atoms with van der Waals surface area (Å²) in [4.78, 5) is 0. The third-order valence-corrected chi connectivity index (χ3v) is 4.61. The first-order valence-electron chi connectivity index (χ1n) is 10.0. The number of hydrogen-bond donors (Lipinski definition) is 2. The van der Waals surface area contributed by atoms with Crippen molar-refractivity contribution in [3.63, 3.8) is 0 Å². The van der Waals surface area contributed by atoms with Crippen molar-refractivity contribution in [2.45, 2.75) is 90.4 Å². The van der Waals surface area contributed by atoms with Crippen molar-refractivity contribution in [1.82, 2.24) is 0 Å². The van der Waals surface area contributed by atoms with Crippen LogP contribution in [0.2, 0.25) is 0 Å². The van der Waals surface area contributed by atoms with Gasteiger partial charge in [-0.2, -0.15) is 0 Å². The summed E-state index contributed by atoms with van der Waals surface area (Å²) < 4.78 is 5.71. The van der Waals surface area contributed by atoms with E-state index < -0.39 is 0 Å². The van der Waals surface area contributed by atoms with Gasteiger partial charge in [-0.15, -0.1) is 0 Å². The van der Waals surface area contributed by atoms with E-state index in [0.29, 0.717) is 17.1 Å². The van der Waals surface area contributed by atoms with E-state index in [-0.39, 0.29) is 0 Å². The average molecular weight is 335 g/mol. The maximum absolute atomic E-state index is 5.89. The molecule has 0 radical (unpaired) electrons. The molecule has 0 aliphatic rings. The fourth-order valence-electron chi connectivity index (χ4n) is 2.99. The van der Waals surface area contributed by atoms with Gasteiger partial charge >= 0.3 is 0 Å². The van der Waals surface area contributed by atoms with Gasteiger partial charge in [-0.05, 0) is 18.6 Å². The predicted octanol–water partition coefficient (Wildman–Crippen LogP) is 6.32. The first-order chi connectivity index (χ1) is 11.8. The molecule has 1 aromatic rings. The van der Waals surface area contributed by atoms with Crippen LogP contribution in [-0.4, -0.2) is 6.61 Å². The van der Waals surface area contributed by atoms with Gasteiger partial charge in [-0.3, -0.25) is 0 Å². The van der Waals surface area contributed by atoms with Crippen molar-refractivity contribution < 1.29 is 4.74 Å². The van der Waals surface area contributed by atoms with Gasteiger partial charge in [0.2, 0.25) is 0 Å². The van der Waals surface area contributed by atoms with E-state index in [1.807, 2.05) is 12.1 Å². The maximum atomic E-state index is 5.89. The topological polar surface area (TPSA) is 61.3 Å². The Morgan fingerprint density at radius 1 is 0.708 bits per heavy atom. The van der Waals surface area contributed by atoms with Crippen LogP contribution in [0, 0.1) is 0 Å². The Bertz CT molecular complexity index is 420. The van der Waals surface area contributed by atoms with Crippen molar-refractivity contribution in [1.29, 1.82) is 0 Å². The molecule has 0 atom stereocenters. The van der Waals surface area contributed by atoms with Crippen LogP contribution in [0.15, 0.2) is 18.2 Å². The lowest BCUT2D eigenvalue weighted by molar-refractivity contribution is 0.306. The molecule has 0 saturated carbocycles. The van der Waals surface area contributed by atoms with E-state index in [9.17, 15) is 0 Å². The molecule has 138 valence electrons. The van der Waals surface area contributed by atoms with E-state index in [1.54, 1.807) is 6.07 Å². The highest BCUT2D eigenvalue weighted by molar-refractivity contribution is 5.70. The van der Waals surface area contributed by atoms with Crippen molar-refractivity contribution in [3.8, 4) is 5.75 Å². The van der Waals surface area contributed by atoms with E-state index in [2.05, 4.69) is 6.92 Å². The second-order valence-corrected chi connectivity index (χ2v) is 6.85. The Balaban J connectivity index is 1.85. The standard InChI is InChI=1S/C21H38N2O/c1-2-3-4-5-6-7-8-9-10-11-12-13-14-18-24-20-17-15-16-19(22)21(20)23/h15-17H,2-14,18,22-23H2,1H3. The largest absolute Gasteiger partial charge is 0.491 e. The highest BCUT2D eigenvalue weighted by Crippen LogP contribution is 2.26. The Morgan fingerprint density at radius 2 is 1.21 bits per heavy atom. The van der Waals surface area contributed by atoms with Crippen molar-refractivity contribution in [2.24, 2.45) is 0 Å². The minimum Gasteiger partial charge on any atom is -0.491 e. The number of ether oxygens (including phenoxy) is 1. The highest BCUT2D eigenvalue weighted by atomic mass is 16.5. The molecule has 0 heterocycles. The summed E-state index contributed by atoms with van der Waals surface area (Å²) in [6, 6.07) is 5.56. The molecule has 0 spiro atoms. The first-order valence-corrected chi connectivity index (χ1v) is 10.0. The first kappa shape index (κ1) is 20.7. The van der Waals surface area contributed by atoms with Gasteiger partial charge in [0.15, 0.2) is 0 Å². The smallest absolute Gasteiger partial charge is 0.144 e. The SMILES string of the molecule is CCCCCCCCCCCCCCCOc1cccc(N)c1N. The van der Waals surface area contributed by atoms with E-state index in [1.165, 1.54) is 77.0 Å². The zero-order valence-electron chi connectivity index (χ0n) is 15.7. The number of anilines is 2. The number of unbranched alkanes of at least 4 members (excludes halogenated alkanes) is 12. The lowest BCUT2D eigenvalue weighted by atomic mass is 10.0. The third kappa shape index (κ3) is 9.69. The van der Waals surface area contributed by atoms with Crippen molar-refractivity contribution >= 4 is 11.4 Å². The van der Waals surface area contributed by atoms with Gasteiger partial charge in [-0.1, -0.05) is 90.0 Å². The molecular formula is C21H38N2O. The zero-order chi connectivity index (χ0) is 17.5. The second kappa shape index (κ2) is 14.0. The van der Waals surface area contributed by atoms with Crippen LogP contribution in [0.3, 0.4) is 0 Å². The summed E-state index contributed by atoms with van der Waals surface area (Å²) >= 11 is 0. The lowest BCUT2D eigenvalue weighted by Crippen LogP contribution is -2.02. The third-order valence-electron chi connectivity index (χ3n) is 4.61. The number of hydrogen-bond acceptors (Lipinski definition) is 3. The predicted molar refractivity (Wildman–Crippen MR) is 106 cm³/mol. The van der Waals surface area contributed by atoms with Gasteiger partial charge in [0, 0.05) is 0 Å². The van der Waals surface area contributed by atoms with Crippen molar-refractivity contribution in [2.75, 3.05) is 18.1 Å². The summed E-state index contributed by atoms with van der Waals surface area (Å²) in [5.41, 5.74) is 12.8. The zero-order valence-corrected chi connectivity index (χ0v) is 15.7. The van der Waals surface area contributed by atoms with Gasteiger partial charge in [0.1, 0.15) is 5.75 Å². The Morgan fingerprint density at radius 3 is 1.75 bits per heavy atom. The average Bonchev–Trinajstić information content (AvgIpc) is 2.58. The number of rotatable bonds is 15. The number of para-hydroxylation sites is 1. The molecule has 0 aromatic heterocycles. The van der Waals surface area contributed by atoms with Gasteiger partial charge in [0.25, 0.3) is 0 Å². The molecule has 0 bridgehead atoms. The summed E-state index contributed by atoms with van der Waals surface area (Å²) in [5, 5.41) is 0. The van der Waals surface area contributed by atoms with Crippen LogP contribution >= 0.6 is 0 Å². The van der Waals surface area contributed by atoms with Crippen molar-refractivity contribution in [3.05, 3.63) is 18.2 Å². The summed E-state index contributed by atoms with van der Waals surface area (Å²) in [6.45, 7) is 3.00. The molecular weight excluding hydrogens is 296 g/mol. The molecule has 3 heteroatoms. The molecule has 0 saturated heterocycles. The Labute approximate surface area is 149 Å². The summed E-state index contributed by atoms with van der Waals surface area (Å²) in [6.07, 6.45) is 17.7. The van der Waals surface area contributed by atoms with Crippen LogP contribution in [0.4, 0.5) is 11.4 Å². The molecule has 24 heavy (non-hydrogen) atoms. The van der Waals surface area contributed by atoms with Crippen LogP contribution in [-0.2, 0) is 0 Å². The Hall–Kier alpha value is -1.38. The Kier molecular flexibility index (Phi) is 12.1. The fourth-order valence-corrected chi connectivity index (χ4v) is 2.99. The molecule has 0 fully saturated rings. The monoisotopic (exact) mass is 334 g/mol. The minimum atomic E-state index is 0.562. The lowest BCUT2D eigenvalue weighted by Gasteiger charge is -2.10. The van der Waals surface area contributed by atoms with E-state index in [0.717, 1.165) is 13.0 Å². The van der Waals surface area contributed by atoms with Crippen LogP contribution in [0.5, 0.6) is 5.75 Å². The number of nitrogens with two attached hydrogens (primary N) is 2.